The number of rotatable bonds is 6. The third kappa shape index (κ3) is 3.38. The van der Waals surface area contributed by atoms with E-state index in [1.807, 2.05) is 30.3 Å². The topological polar surface area (TPSA) is 81.8 Å². The molecule has 0 unspecified atom stereocenters. The Morgan fingerprint density at radius 2 is 1.92 bits per heavy atom. The van der Waals surface area contributed by atoms with Crippen molar-refractivity contribution in [3.05, 3.63) is 65.9 Å². The van der Waals surface area contributed by atoms with Gasteiger partial charge in [0, 0.05) is 11.6 Å². The molecule has 24 heavy (non-hydrogen) atoms. The van der Waals surface area contributed by atoms with E-state index in [-0.39, 0.29) is 5.69 Å². The van der Waals surface area contributed by atoms with E-state index >= 15 is 0 Å². The molecule has 6 nitrogen and oxygen atoms in total. The van der Waals surface area contributed by atoms with Gasteiger partial charge in [0.25, 0.3) is 0 Å². The quantitative estimate of drug-likeness (QED) is 0.745. The van der Waals surface area contributed by atoms with E-state index in [9.17, 15) is 4.79 Å². The summed E-state index contributed by atoms with van der Waals surface area (Å²) >= 11 is 0. The van der Waals surface area contributed by atoms with Crippen molar-refractivity contribution in [3.8, 4) is 22.8 Å². The summed E-state index contributed by atoms with van der Waals surface area (Å²) in [7, 11) is 1.54. The van der Waals surface area contributed by atoms with Gasteiger partial charge >= 0.3 is 5.97 Å². The van der Waals surface area contributed by atoms with Crippen molar-refractivity contribution in [1.82, 2.24) is 5.16 Å². The Morgan fingerprint density at radius 1 is 1.12 bits per heavy atom. The number of ether oxygens (including phenoxy) is 2. The second kappa shape index (κ2) is 6.87. The number of hydrogen-bond acceptors (Lipinski definition) is 5. The van der Waals surface area contributed by atoms with Gasteiger partial charge in [-0.25, -0.2) is 4.79 Å². The molecule has 0 saturated carbocycles. The molecule has 0 amide bonds. The minimum absolute atomic E-state index is 0.145. The first kappa shape index (κ1) is 15.6. The van der Waals surface area contributed by atoms with E-state index in [1.165, 1.54) is 13.2 Å². The fraction of sp³-hybridized carbons (Fsp3) is 0.111. The van der Waals surface area contributed by atoms with Crippen molar-refractivity contribution in [2.24, 2.45) is 0 Å². The molecular weight excluding hydrogens is 310 g/mol. The van der Waals surface area contributed by atoms with E-state index in [0.29, 0.717) is 29.4 Å². The number of carboxylic acid groups (broad SMARTS) is 1. The van der Waals surface area contributed by atoms with Gasteiger partial charge in [-0.1, -0.05) is 35.5 Å². The maximum absolute atomic E-state index is 10.9. The average molecular weight is 325 g/mol. The molecule has 0 saturated heterocycles. The Balaban J connectivity index is 1.80. The van der Waals surface area contributed by atoms with Crippen LogP contribution in [0.3, 0.4) is 0 Å². The standard InChI is InChI=1S/C18H15NO5/c1-22-17-9-13(16-10-14(18(20)21)19-24-16)7-8-15(17)23-11-12-5-3-2-4-6-12/h2-10H,11H2,1H3,(H,20,21). The van der Waals surface area contributed by atoms with Gasteiger partial charge in [-0.15, -0.1) is 0 Å². The van der Waals surface area contributed by atoms with Crippen LogP contribution in [0.4, 0.5) is 0 Å². The summed E-state index contributed by atoms with van der Waals surface area (Å²) in [6.45, 7) is 0.419. The second-order valence-corrected chi connectivity index (χ2v) is 5.02. The Morgan fingerprint density at radius 3 is 2.58 bits per heavy atom. The molecule has 0 radical (unpaired) electrons. The number of benzene rings is 2. The molecule has 0 bridgehead atoms. The predicted molar refractivity (Wildman–Crippen MR) is 86.2 cm³/mol. The number of carboxylic acids is 1. The minimum Gasteiger partial charge on any atom is -0.493 e. The largest absolute Gasteiger partial charge is 0.493 e. The fourth-order valence-electron chi connectivity index (χ4n) is 2.19. The maximum Gasteiger partial charge on any atom is 0.358 e. The molecule has 122 valence electrons. The molecule has 6 heteroatoms. The number of hydrogen-bond donors (Lipinski definition) is 1. The molecule has 1 heterocycles. The third-order valence-corrected chi connectivity index (χ3v) is 3.41. The van der Waals surface area contributed by atoms with Gasteiger partial charge in [-0.3, -0.25) is 0 Å². The molecule has 1 aromatic heterocycles. The van der Waals surface area contributed by atoms with E-state index in [4.69, 9.17) is 19.1 Å². The van der Waals surface area contributed by atoms with Crippen molar-refractivity contribution in [3.63, 3.8) is 0 Å². The summed E-state index contributed by atoms with van der Waals surface area (Å²) in [4.78, 5) is 10.9. The number of nitrogens with zero attached hydrogens (tertiary/aromatic N) is 1. The van der Waals surface area contributed by atoms with Crippen LogP contribution in [0.2, 0.25) is 0 Å². The number of aromatic carboxylic acids is 1. The van der Waals surface area contributed by atoms with E-state index in [2.05, 4.69) is 5.16 Å². The molecular formula is C18H15NO5. The summed E-state index contributed by atoms with van der Waals surface area (Å²) in [5.41, 5.74) is 1.55. The summed E-state index contributed by atoms with van der Waals surface area (Å²) < 4.78 is 16.2. The van der Waals surface area contributed by atoms with Gasteiger partial charge < -0.3 is 19.1 Å². The zero-order chi connectivity index (χ0) is 16.9. The Bertz CT molecular complexity index is 842. The summed E-state index contributed by atoms with van der Waals surface area (Å²) in [6, 6.07) is 16.4. The normalized spacial score (nSPS) is 10.4. The summed E-state index contributed by atoms with van der Waals surface area (Å²) in [5, 5.41) is 12.4. The van der Waals surface area contributed by atoms with Crippen molar-refractivity contribution >= 4 is 5.97 Å². The highest BCUT2D eigenvalue weighted by Crippen LogP contribution is 2.33. The van der Waals surface area contributed by atoms with Crippen molar-refractivity contribution < 1.29 is 23.9 Å². The number of aromatic nitrogens is 1. The minimum atomic E-state index is -1.14. The van der Waals surface area contributed by atoms with E-state index in [0.717, 1.165) is 5.56 Å². The average Bonchev–Trinajstić information content (AvgIpc) is 3.11. The van der Waals surface area contributed by atoms with Crippen LogP contribution in [-0.4, -0.2) is 23.3 Å². The van der Waals surface area contributed by atoms with E-state index < -0.39 is 5.97 Å². The van der Waals surface area contributed by atoms with Gasteiger partial charge in [0.05, 0.1) is 7.11 Å². The van der Waals surface area contributed by atoms with Gasteiger partial charge in [0.15, 0.2) is 23.0 Å². The lowest BCUT2D eigenvalue weighted by molar-refractivity contribution is 0.0686. The van der Waals surface area contributed by atoms with Crippen LogP contribution in [0.25, 0.3) is 11.3 Å². The van der Waals surface area contributed by atoms with Crippen LogP contribution < -0.4 is 9.47 Å². The van der Waals surface area contributed by atoms with Crippen LogP contribution >= 0.6 is 0 Å². The highest BCUT2D eigenvalue weighted by Gasteiger charge is 2.14. The van der Waals surface area contributed by atoms with Crippen LogP contribution in [0.15, 0.2) is 59.1 Å². The van der Waals surface area contributed by atoms with Crippen LogP contribution in [0, 0.1) is 0 Å². The second-order valence-electron chi connectivity index (χ2n) is 5.02. The predicted octanol–water partition coefficient (Wildman–Crippen LogP) is 3.63. The summed E-state index contributed by atoms with van der Waals surface area (Å²) in [5.74, 6) is 0.319. The van der Waals surface area contributed by atoms with Crippen LogP contribution in [0.1, 0.15) is 16.1 Å². The monoisotopic (exact) mass is 325 g/mol. The van der Waals surface area contributed by atoms with Crippen molar-refractivity contribution in [2.45, 2.75) is 6.61 Å². The lowest BCUT2D eigenvalue weighted by atomic mass is 10.1. The molecule has 3 rings (SSSR count). The molecule has 0 fully saturated rings. The zero-order valence-corrected chi connectivity index (χ0v) is 12.9. The Hall–Kier alpha value is -3.28. The highest BCUT2D eigenvalue weighted by atomic mass is 16.5. The molecule has 0 atom stereocenters. The van der Waals surface area contributed by atoms with Crippen LogP contribution in [-0.2, 0) is 6.61 Å². The molecule has 0 aliphatic carbocycles. The van der Waals surface area contributed by atoms with Gasteiger partial charge in [-0.2, -0.15) is 0 Å². The molecule has 0 spiro atoms. The molecule has 2 aromatic carbocycles. The molecule has 3 aromatic rings. The molecule has 0 aliphatic heterocycles. The highest BCUT2D eigenvalue weighted by molar-refractivity contribution is 5.86. The van der Waals surface area contributed by atoms with E-state index in [1.54, 1.807) is 18.2 Å². The number of methoxy groups -OCH3 is 1. The lowest BCUT2D eigenvalue weighted by Crippen LogP contribution is -1.97. The van der Waals surface area contributed by atoms with Gasteiger partial charge in [0.2, 0.25) is 0 Å². The zero-order valence-electron chi connectivity index (χ0n) is 12.9. The number of carbonyl (C=O) groups is 1. The van der Waals surface area contributed by atoms with Crippen molar-refractivity contribution in [2.75, 3.05) is 7.11 Å². The van der Waals surface area contributed by atoms with Gasteiger partial charge in [-0.05, 0) is 23.8 Å². The summed E-state index contributed by atoms with van der Waals surface area (Å²) in [6.07, 6.45) is 0. The first-order chi connectivity index (χ1) is 11.7. The Kier molecular flexibility index (Phi) is 4.47. The smallest absolute Gasteiger partial charge is 0.358 e. The first-order valence-electron chi connectivity index (χ1n) is 7.22. The van der Waals surface area contributed by atoms with Gasteiger partial charge in [0.1, 0.15) is 6.61 Å². The van der Waals surface area contributed by atoms with Crippen LogP contribution in [0.5, 0.6) is 11.5 Å². The molecule has 1 N–H and O–H groups in total. The lowest BCUT2D eigenvalue weighted by Gasteiger charge is -2.11. The third-order valence-electron chi connectivity index (χ3n) is 3.41. The molecule has 0 aliphatic rings. The van der Waals surface area contributed by atoms with Crippen molar-refractivity contribution in [1.29, 1.82) is 0 Å². The Labute approximate surface area is 138 Å². The first-order valence-corrected chi connectivity index (χ1v) is 7.22. The maximum atomic E-state index is 10.9. The fourth-order valence-corrected chi connectivity index (χ4v) is 2.19. The SMILES string of the molecule is COc1cc(-c2cc(C(=O)O)no2)ccc1OCc1ccccc1.